The van der Waals surface area contributed by atoms with Crippen molar-refractivity contribution in [1.29, 1.82) is 0 Å². The predicted octanol–water partition coefficient (Wildman–Crippen LogP) is 3.11. The van der Waals surface area contributed by atoms with Gasteiger partial charge in [0.05, 0.1) is 19.3 Å². The van der Waals surface area contributed by atoms with Gasteiger partial charge < -0.3 is 10.1 Å². The van der Waals surface area contributed by atoms with Gasteiger partial charge in [0.1, 0.15) is 0 Å². The summed E-state index contributed by atoms with van der Waals surface area (Å²) < 4.78 is 5.43. The molecule has 2 aromatic carbocycles. The van der Waals surface area contributed by atoms with Gasteiger partial charge in [0.2, 0.25) is 0 Å². The molecule has 0 bridgehead atoms. The lowest BCUT2D eigenvalue weighted by molar-refractivity contribution is 0.0332. The Morgan fingerprint density at radius 3 is 2.36 bits per heavy atom. The first-order valence-corrected chi connectivity index (χ1v) is 8.86. The van der Waals surface area contributed by atoms with Crippen molar-refractivity contribution < 1.29 is 9.53 Å². The molecule has 0 unspecified atom stereocenters. The van der Waals surface area contributed by atoms with Gasteiger partial charge in [-0.2, -0.15) is 0 Å². The van der Waals surface area contributed by atoms with E-state index in [1.54, 1.807) is 0 Å². The van der Waals surface area contributed by atoms with E-state index in [4.69, 9.17) is 4.74 Å². The van der Waals surface area contributed by atoms with Crippen LogP contribution in [0.15, 0.2) is 48.5 Å². The van der Waals surface area contributed by atoms with Crippen LogP contribution in [0, 0.1) is 13.8 Å². The van der Waals surface area contributed by atoms with Gasteiger partial charge in [-0.3, -0.25) is 9.69 Å². The maximum absolute atomic E-state index is 12.8. The maximum Gasteiger partial charge on any atom is 0.251 e. The Labute approximate surface area is 149 Å². The number of carbonyl (C=O) groups excluding carboxylic acids is 1. The van der Waals surface area contributed by atoms with E-state index in [1.807, 2.05) is 44.2 Å². The van der Waals surface area contributed by atoms with E-state index in [9.17, 15) is 4.79 Å². The van der Waals surface area contributed by atoms with Crippen molar-refractivity contribution in [3.05, 3.63) is 70.8 Å². The molecule has 0 aromatic heterocycles. The number of rotatable bonds is 5. The van der Waals surface area contributed by atoms with E-state index >= 15 is 0 Å². The van der Waals surface area contributed by atoms with Crippen molar-refractivity contribution >= 4 is 5.91 Å². The molecule has 0 saturated carbocycles. The summed E-state index contributed by atoms with van der Waals surface area (Å²) in [6, 6.07) is 16.1. The fraction of sp³-hybridized carbons (Fsp3) is 0.381. The van der Waals surface area contributed by atoms with Gasteiger partial charge in [0.15, 0.2) is 0 Å². The van der Waals surface area contributed by atoms with Crippen molar-refractivity contribution in [2.75, 3.05) is 32.8 Å². The van der Waals surface area contributed by atoms with E-state index < -0.39 is 0 Å². The van der Waals surface area contributed by atoms with E-state index in [0.717, 1.165) is 55.1 Å². The van der Waals surface area contributed by atoms with E-state index in [2.05, 4.69) is 28.4 Å². The lowest BCUT2D eigenvalue weighted by Gasteiger charge is -2.31. The summed E-state index contributed by atoms with van der Waals surface area (Å²) in [5, 5.41) is 3.23. The summed E-state index contributed by atoms with van der Waals surface area (Å²) in [5.41, 5.74) is 4.07. The Balaban J connectivity index is 1.77. The Kier molecular flexibility index (Phi) is 5.84. The van der Waals surface area contributed by atoms with Crippen molar-refractivity contribution in [1.82, 2.24) is 10.2 Å². The second-order valence-electron chi connectivity index (χ2n) is 6.73. The first-order chi connectivity index (χ1) is 12.1. The van der Waals surface area contributed by atoms with E-state index in [-0.39, 0.29) is 11.9 Å². The van der Waals surface area contributed by atoms with Crippen LogP contribution in [0.4, 0.5) is 0 Å². The minimum absolute atomic E-state index is 0.0195. The Morgan fingerprint density at radius 2 is 1.72 bits per heavy atom. The zero-order valence-corrected chi connectivity index (χ0v) is 15.0. The van der Waals surface area contributed by atoms with Gasteiger partial charge in [-0.15, -0.1) is 0 Å². The monoisotopic (exact) mass is 338 g/mol. The minimum atomic E-state index is -0.0346. The van der Waals surface area contributed by atoms with E-state index in [1.165, 1.54) is 0 Å². The average molecular weight is 338 g/mol. The minimum Gasteiger partial charge on any atom is -0.379 e. The largest absolute Gasteiger partial charge is 0.379 e. The Morgan fingerprint density at radius 1 is 1.08 bits per heavy atom. The lowest BCUT2D eigenvalue weighted by Crippen LogP contribution is -2.43. The number of amides is 1. The molecule has 1 aliphatic rings. The van der Waals surface area contributed by atoms with Crippen LogP contribution >= 0.6 is 0 Å². The third-order valence-corrected chi connectivity index (χ3v) is 4.54. The molecular formula is C21H26N2O2. The topological polar surface area (TPSA) is 41.6 Å². The average Bonchev–Trinajstić information content (AvgIpc) is 2.62. The summed E-state index contributed by atoms with van der Waals surface area (Å²) >= 11 is 0. The molecule has 132 valence electrons. The Hall–Kier alpha value is -2.17. The molecule has 1 fully saturated rings. The molecule has 1 saturated heterocycles. The SMILES string of the molecule is Cc1cc(C)cc(C(=O)N[C@H](CN2CCOCC2)c2ccccc2)c1. The summed E-state index contributed by atoms with van der Waals surface area (Å²) in [4.78, 5) is 15.2. The zero-order valence-electron chi connectivity index (χ0n) is 15.0. The van der Waals surface area contributed by atoms with Gasteiger partial charge in [0, 0.05) is 25.2 Å². The first kappa shape index (κ1) is 17.6. The van der Waals surface area contributed by atoms with Crippen LogP contribution in [-0.4, -0.2) is 43.7 Å². The summed E-state index contributed by atoms with van der Waals surface area (Å²) in [6.07, 6.45) is 0. The number of hydrogen-bond acceptors (Lipinski definition) is 3. The smallest absolute Gasteiger partial charge is 0.251 e. The molecule has 0 spiro atoms. The van der Waals surface area contributed by atoms with Crippen molar-refractivity contribution in [3.63, 3.8) is 0 Å². The number of hydrogen-bond donors (Lipinski definition) is 1. The molecule has 0 radical (unpaired) electrons. The maximum atomic E-state index is 12.8. The van der Waals surface area contributed by atoms with Gasteiger partial charge in [-0.05, 0) is 31.5 Å². The van der Waals surface area contributed by atoms with Crippen LogP contribution in [0.25, 0.3) is 0 Å². The highest BCUT2D eigenvalue weighted by Gasteiger charge is 2.20. The highest BCUT2D eigenvalue weighted by molar-refractivity contribution is 5.94. The highest BCUT2D eigenvalue weighted by Crippen LogP contribution is 2.17. The second-order valence-corrected chi connectivity index (χ2v) is 6.73. The molecular weight excluding hydrogens is 312 g/mol. The lowest BCUT2D eigenvalue weighted by atomic mass is 10.0. The van der Waals surface area contributed by atoms with Crippen molar-refractivity contribution in [2.24, 2.45) is 0 Å². The second kappa shape index (κ2) is 8.28. The number of carbonyl (C=O) groups is 1. The van der Waals surface area contributed by atoms with Crippen LogP contribution in [0.5, 0.6) is 0 Å². The molecule has 1 atom stereocenters. The van der Waals surface area contributed by atoms with Crippen LogP contribution in [-0.2, 0) is 4.74 Å². The molecule has 25 heavy (non-hydrogen) atoms. The number of nitrogens with one attached hydrogen (secondary N) is 1. The number of aryl methyl sites for hydroxylation is 2. The van der Waals surface area contributed by atoms with Crippen LogP contribution in [0.3, 0.4) is 0 Å². The molecule has 4 nitrogen and oxygen atoms in total. The van der Waals surface area contributed by atoms with Crippen LogP contribution in [0.2, 0.25) is 0 Å². The fourth-order valence-corrected chi connectivity index (χ4v) is 3.31. The molecule has 4 heteroatoms. The van der Waals surface area contributed by atoms with Crippen LogP contribution < -0.4 is 5.32 Å². The van der Waals surface area contributed by atoms with Gasteiger partial charge in [-0.1, -0.05) is 47.5 Å². The van der Waals surface area contributed by atoms with Crippen molar-refractivity contribution in [2.45, 2.75) is 19.9 Å². The van der Waals surface area contributed by atoms with E-state index in [0.29, 0.717) is 0 Å². The highest BCUT2D eigenvalue weighted by atomic mass is 16.5. The summed E-state index contributed by atoms with van der Waals surface area (Å²) in [5.74, 6) is -0.0195. The third-order valence-electron chi connectivity index (χ3n) is 4.54. The number of benzene rings is 2. The Bertz CT molecular complexity index is 689. The first-order valence-electron chi connectivity index (χ1n) is 8.86. The van der Waals surface area contributed by atoms with Gasteiger partial charge in [0.25, 0.3) is 5.91 Å². The van der Waals surface area contributed by atoms with Crippen LogP contribution in [0.1, 0.15) is 33.1 Å². The normalized spacial score (nSPS) is 16.4. The summed E-state index contributed by atoms with van der Waals surface area (Å²) in [6.45, 7) is 8.16. The summed E-state index contributed by atoms with van der Waals surface area (Å²) in [7, 11) is 0. The molecule has 2 aromatic rings. The molecule has 0 aliphatic carbocycles. The van der Waals surface area contributed by atoms with Gasteiger partial charge in [-0.25, -0.2) is 0 Å². The predicted molar refractivity (Wildman–Crippen MR) is 99.8 cm³/mol. The molecule has 1 aliphatic heterocycles. The number of ether oxygens (including phenoxy) is 1. The standard InChI is InChI=1S/C21H26N2O2/c1-16-12-17(2)14-19(13-16)21(24)22-20(18-6-4-3-5-7-18)15-23-8-10-25-11-9-23/h3-7,12-14,20H,8-11,15H2,1-2H3,(H,22,24)/t20-/m1/s1. The molecule has 1 heterocycles. The van der Waals surface area contributed by atoms with Crippen molar-refractivity contribution in [3.8, 4) is 0 Å². The zero-order chi connectivity index (χ0) is 17.6. The molecule has 1 N–H and O–H groups in total. The quantitative estimate of drug-likeness (QED) is 0.911. The molecule has 1 amide bonds. The third kappa shape index (κ3) is 4.91. The number of morpholine rings is 1. The molecule has 3 rings (SSSR count). The number of nitrogens with zero attached hydrogens (tertiary/aromatic N) is 1. The van der Waals surface area contributed by atoms with Gasteiger partial charge >= 0.3 is 0 Å². The fourth-order valence-electron chi connectivity index (χ4n) is 3.31.